The molecule has 0 heterocycles. The van der Waals surface area contributed by atoms with Crippen LogP contribution in [0.25, 0.3) is 0 Å². The van der Waals surface area contributed by atoms with Crippen LogP contribution in [0.3, 0.4) is 0 Å². The molecule has 0 aliphatic heterocycles. The molecule has 0 N–H and O–H groups in total. The third-order valence-corrected chi connectivity index (χ3v) is 11.5. The van der Waals surface area contributed by atoms with Crippen LogP contribution in [0.5, 0.6) is 0 Å². The molecule has 0 fully saturated rings. The molecule has 0 aromatic heterocycles. The summed E-state index contributed by atoms with van der Waals surface area (Å²) in [6.07, 6.45) is 10.5. The predicted octanol–water partition coefficient (Wildman–Crippen LogP) is -3.12. The number of aryl methyl sites for hydroxylation is 3. The Morgan fingerprint density at radius 3 is 1.51 bits per heavy atom. The van der Waals surface area contributed by atoms with E-state index < -0.39 is 8.07 Å². The van der Waals surface area contributed by atoms with Gasteiger partial charge in [0, 0.05) is 0 Å². The van der Waals surface area contributed by atoms with Gasteiger partial charge in [0.2, 0.25) is 0 Å². The molecule has 0 bridgehead atoms. The zero-order valence-electron chi connectivity index (χ0n) is 21.0. The van der Waals surface area contributed by atoms with Crippen LogP contribution in [0, 0.1) is 26.8 Å². The Morgan fingerprint density at radius 2 is 1.14 bits per heavy atom. The quantitative estimate of drug-likeness (QED) is 0.159. The van der Waals surface area contributed by atoms with E-state index in [-0.39, 0.29) is 58.9 Å². The minimum absolute atomic E-state index is 0. The number of unbranched alkanes of at least 4 members (excludes halogenated alkanes) is 1. The fraction of sp³-hybridized carbons (Fsp3) is 0.267. The Hall–Kier alpha value is -1.06. The average Bonchev–Trinajstić information content (AvgIpc) is 3.22. The second-order valence-electron chi connectivity index (χ2n) is 8.97. The van der Waals surface area contributed by atoms with Crippen molar-refractivity contribution >= 4 is 23.6 Å². The van der Waals surface area contributed by atoms with Gasteiger partial charge in [-0.3, -0.25) is 6.08 Å². The van der Waals surface area contributed by atoms with Crippen LogP contribution in [0.2, 0.25) is 0 Å². The van der Waals surface area contributed by atoms with Crippen molar-refractivity contribution in [1.29, 1.82) is 0 Å². The standard InChI is InChI=1S/C30H33Si.3ClH.Ti/c1-5-6-14-26-15-10-19-30(26)31(27-16-7-11-23(2)20-27,28-17-8-12-24(3)21-28)29-18-9-13-25(4)22-29;;;;/h7-13,16-18,20-22H,5-6,14,19H2,1-4H3;3*1H;/q-1;;;;+4/p-3. The Labute approximate surface area is 246 Å². The molecular weight excluding hydrogens is 543 g/mol. The molecule has 3 aromatic carbocycles. The average molecular weight is 576 g/mol. The smallest absolute Gasteiger partial charge is 1.00 e. The zero-order valence-corrected chi connectivity index (χ0v) is 25.8. The molecular formula is C30H33Cl3SiTi. The molecule has 1 aliphatic rings. The minimum Gasteiger partial charge on any atom is -1.00 e. The molecule has 182 valence electrons. The normalized spacial score (nSPS) is 12.2. The van der Waals surface area contributed by atoms with E-state index in [2.05, 4.69) is 113 Å². The molecule has 0 nitrogen and oxygen atoms in total. The van der Waals surface area contributed by atoms with Crippen molar-refractivity contribution in [2.24, 2.45) is 0 Å². The van der Waals surface area contributed by atoms with Crippen molar-refractivity contribution in [2.45, 2.75) is 53.4 Å². The number of halogens is 3. The molecule has 0 atom stereocenters. The summed E-state index contributed by atoms with van der Waals surface area (Å²) >= 11 is 0. The van der Waals surface area contributed by atoms with Crippen LogP contribution in [0.4, 0.5) is 0 Å². The van der Waals surface area contributed by atoms with E-state index in [9.17, 15) is 0 Å². The summed E-state index contributed by atoms with van der Waals surface area (Å²) in [5, 5.41) is 6.10. The van der Waals surface area contributed by atoms with Gasteiger partial charge in [-0.15, -0.1) is 0 Å². The number of allylic oxidation sites excluding steroid dienone is 4. The maximum absolute atomic E-state index is 3.69. The van der Waals surface area contributed by atoms with E-state index in [0.29, 0.717) is 0 Å². The second-order valence-corrected chi connectivity index (χ2v) is 12.8. The summed E-state index contributed by atoms with van der Waals surface area (Å²) in [5.74, 6) is 0. The van der Waals surface area contributed by atoms with Crippen LogP contribution in [-0.4, -0.2) is 8.07 Å². The van der Waals surface area contributed by atoms with Gasteiger partial charge >= 0.3 is 21.7 Å². The van der Waals surface area contributed by atoms with E-state index >= 15 is 0 Å². The van der Waals surface area contributed by atoms with Gasteiger partial charge in [0.25, 0.3) is 0 Å². The minimum atomic E-state index is -2.41. The van der Waals surface area contributed by atoms with Gasteiger partial charge in [0.15, 0.2) is 0 Å². The Morgan fingerprint density at radius 1 is 0.714 bits per heavy atom. The van der Waals surface area contributed by atoms with Crippen molar-refractivity contribution in [3.8, 4) is 0 Å². The Balaban J connectivity index is 0.00000289. The molecule has 0 radical (unpaired) electrons. The molecule has 0 spiro atoms. The summed E-state index contributed by atoms with van der Waals surface area (Å²) in [6.45, 7) is 8.95. The summed E-state index contributed by atoms with van der Waals surface area (Å²) in [5.41, 5.74) is 5.46. The van der Waals surface area contributed by atoms with Crippen LogP contribution in [-0.2, 0) is 21.7 Å². The fourth-order valence-electron chi connectivity index (χ4n) is 5.10. The van der Waals surface area contributed by atoms with E-state index in [0.717, 1.165) is 12.8 Å². The predicted molar refractivity (Wildman–Crippen MR) is 137 cm³/mol. The fourth-order valence-corrected chi connectivity index (χ4v) is 10.6. The largest absolute Gasteiger partial charge is 4.00 e. The van der Waals surface area contributed by atoms with Crippen molar-refractivity contribution in [2.75, 3.05) is 0 Å². The van der Waals surface area contributed by atoms with E-state index in [1.807, 2.05) is 0 Å². The van der Waals surface area contributed by atoms with Gasteiger partial charge in [0.05, 0.1) is 8.07 Å². The first kappa shape index (κ1) is 33.9. The number of benzene rings is 3. The maximum atomic E-state index is 3.69. The van der Waals surface area contributed by atoms with E-state index in [1.54, 1.807) is 5.20 Å². The van der Waals surface area contributed by atoms with E-state index in [4.69, 9.17) is 0 Å². The molecule has 5 heteroatoms. The zero-order chi connectivity index (χ0) is 21.8. The van der Waals surface area contributed by atoms with Gasteiger partial charge in [-0.1, -0.05) is 138 Å². The van der Waals surface area contributed by atoms with Crippen molar-refractivity contribution in [1.82, 2.24) is 0 Å². The first-order valence-electron chi connectivity index (χ1n) is 11.6. The summed E-state index contributed by atoms with van der Waals surface area (Å²) in [6, 6.07) is 27.9. The van der Waals surface area contributed by atoms with Gasteiger partial charge in [-0.2, -0.15) is 6.08 Å². The number of rotatable bonds is 7. The van der Waals surface area contributed by atoms with Gasteiger partial charge in [-0.25, -0.2) is 10.8 Å². The molecule has 1 aliphatic carbocycles. The first-order valence-corrected chi connectivity index (χ1v) is 13.6. The molecule has 4 rings (SSSR count). The molecule has 0 unspecified atom stereocenters. The molecule has 0 amide bonds. The van der Waals surface area contributed by atoms with Crippen LogP contribution < -0.4 is 52.8 Å². The van der Waals surface area contributed by atoms with Gasteiger partial charge < -0.3 is 37.2 Å². The third-order valence-electron chi connectivity index (χ3n) is 6.53. The van der Waals surface area contributed by atoms with Crippen molar-refractivity contribution in [3.63, 3.8) is 0 Å². The SMILES string of the molecule is CCCCC1=C([Si](c2cccc(C)c2)(c2cccc(C)c2)c2cccc(C)c2)CC=[C-]1.[Cl-].[Cl-].[Cl-].[Ti+4]. The molecule has 35 heavy (non-hydrogen) atoms. The maximum Gasteiger partial charge on any atom is 4.00 e. The van der Waals surface area contributed by atoms with Crippen molar-refractivity contribution < 1.29 is 58.9 Å². The summed E-state index contributed by atoms with van der Waals surface area (Å²) < 4.78 is 0. The monoisotopic (exact) mass is 574 g/mol. The first-order chi connectivity index (χ1) is 15.1. The Bertz CT molecular complexity index is 1040. The molecule has 0 saturated heterocycles. The topological polar surface area (TPSA) is 0 Å². The molecule has 3 aromatic rings. The number of hydrogen-bond acceptors (Lipinski definition) is 0. The van der Waals surface area contributed by atoms with Gasteiger partial charge in [-0.05, 0) is 20.8 Å². The second kappa shape index (κ2) is 15.3. The third kappa shape index (κ3) is 7.04. The van der Waals surface area contributed by atoms with Crippen LogP contribution in [0.15, 0.2) is 89.6 Å². The molecule has 0 saturated carbocycles. The van der Waals surface area contributed by atoms with Crippen LogP contribution in [0.1, 0.15) is 49.3 Å². The Kier molecular flexibility index (Phi) is 14.8. The summed E-state index contributed by atoms with van der Waals surface area (Å²) in [4.78, 5) is 0. The summed E-state index contributed by atoms with van der Waals surface area (Å²) in [7, 11) is -2.41. The van der Waals surface area contributed by atoms with E-state index in [1.165, 1.54) is 50.7 Å². The van der Waals surface area contributed by atoms with Gasteiger partial charge in [0.1, 0.15) is 0 Å². The van der Waals surface area contributed by atoms with Crippen molar-refractivity contribution in [3.05, 3.63) is 112 Å². The number of hydrogen-bond donors (Lipinski definition) is 0. The van der Waals surface area contributed by atoms with Crippen LogP contribution >= 0.6 is 0 Å².